The van der Waals surface area contributed by atoms with E-state index in [2.05, 4.69) is 16.6 Å². The van der Waals surface area contributed by atoms with Crippen LogP contribution in [0.25, 0.3) is 10.8 Å². The van der Waals surface area contributed by atoms with Gasteiger partial charge in [0.25, 0.3) is 0 Å². The summed E-state index contributed by atoms with van der Waals surface area (Å²) in [5.41, 5.74) is -2.15. The average Bonchev–Trinajstić information content (AvgIpc) is 4.02. The van der Waals surface area contributed by atoms with Crippen LogP contribution in [0.1, 0.15) is 92.4 Å². The van der Waals surface area contributed by atoms with Gasteiger partial charge < -0.3 is 19.1 Å². The Morgan fingerprint density at radius 1 is 1.09 bits per heavy atom. The van der Waals surface area contributed by atoms with E-state index in [1.807, 2.05) is 37.3 Å². The van der Waals surface area contributed by atoms with E-state index in [0.717, 1.165) is 11.8 Å². The van der Waals surface area contributed by atoms with E-state index < -0.39 is 74.1 Å². The monoisotopic (exact) mass is 783 g/mol. The zero-order valence-electron chi connectivity index (χ0n) is 32.6. The Balaban J connectivity index is 1.35. The van der Waals surface area contributed by atoms with Crippen molar-refractivity contribution < 1.29 is 46.2 Å². The highest BCUT2D eigenvalue weighted by Crippen LogP contribution is 2.58. The number of ketones is 1. The predicted molar refractivity (Wildman–Crippen MR) is 203 cm³/mol. The molecule has 2 aliphatic carbocycles. The number of nitrogens with one attached hydrogen (secondary N) is 1. The third kappa shape index (κ3) is 8.53. The smallest absolute Gasteiger partial charge is 0.307 e. The van der Waals surface area contributed by atoms with Crippen LogP contribution in [-0.4, -0.2) is 84.7 Å². The van der Waals surface area contributed by atoms with Gasteiger partial charge in [-0.25, -0.2) is 17.8 Å². The Hall–Kier alpha value is -4.07. The molecule has 3 fully saturated rings. The quantitative estimate of drug-likeness (QED) is 0.241. The molecule has 1 saturated heterocycles. The Bertz CT molecular complexity index is 1960. The molecular formula is C41H54FN3O9S. The molecule has 2 saturated carbocycles. The van der Waals surface area contributed by atoms with Gasteiger partial charge in [0.15, 0.2) is 5.78 Å². The molecule has 55 heavy (non-hydrogen) atoms. The normalized spacial score (nSPS) is 30.3. The summed E-state index contributed by atoms with van der Waals surface area (Å²) in [6.07, 6.45) is 6.87. The molecule has 14 heteroatoms. The van der Waals surface area contributed by atoms with Crippen LogP contribution >= 0.6 is 0 Å². The van der Waals surface area contributed by atoms with Crippen molar-refractivity contribution in [2.75, 3.05) is 20.3 Å². The standard InChI is InChI=1S/C41H54FN3O9S/c1-25-10-7-8-11-27-21-41(27,38(49)44-55(50,51)40(24-42)15-16-40)22-33(46)32-19-28(53-36-30-12-9-13-34(52-6)29(30)14-17-43-36)23-45(32)37(48)31(26(2)18-25)20-35(47)54-39(3,4)5/h8-9,11-14,17,25-28,31-32H,7,10,15-16,18-24H2,1-6H3,(H,44,49)/b11-8-/t25-,26-,27-,28-,31+,32+,41-/m1/s1. The van der Waals surface area contributed by atoms with E-state index in [0.29, 0.717) is 29.9 Å². The molecule has 0 radical (unpaired) electrons. The van der Waals surface area contributed by atoms with Crippen LogP contribution in [0.2, 0.25) is 0 Å². The molecule has 300 valence electrons. The number of aromatic nitrogens is 1. The Morgan fingerprint density at radius 3 is 2.51 bits per heavy atom. The second-order valence-corrected chi connectivity index (χ2v) is 19.3. The number of Topliss-reactive ketones (excluding diaryl/α,β-unsaturated/α-hetero) is 1. The number of carbonyl (C=O) groups excluding carboxylic acids is 4. The first kappa shape index (κ1) is 40.6. The lowest BCUT2D eigenvalue weighted by Crippen LogP contribution is -2.48. The number of halogens is 1. The van der Waals surface area contributed by atoms with E-state index in [4.69, 9.17) is 14.2 Å². The van der Waals surface area contributed by atoms with Crippen molar-refractivity contribution >= 4 is 44.4 Å². The molecule has 1 aromatic heterocycles. The second-order valence-electron chi connectivity index (χ2n) is 17.2. The highest BCUT2D eigenvalue weighted by atomic mass is 32.2. The minimum atomic E-state index is -4.33. The van der Waals surface area contributed by atoms with Crippen LogP contribution in [0.4, 0.5) is 4.39 Å². The molecule has 1 aromatic carbocycles. The Labute approximate surface area is 323 Å². The van der Waals surface area contributed by atoms with Gasteiger partial charge in [0.05, 0.1) is 37.5 Å². The van der Waals surface area contributed by atoms with Crippen LogP contribution in [0, 0.1) is 29.1 Å². The van der Waals surface area contributed by atoms with Gasteiger partial charge in [0.2, 0.25) is 27.7 Å². The van der Waals surface area contributed by atoms with Crippen LogP contribution < -0.4 is 14.2 Å². The summed E-state index contributed by atoms with van der Waals surface area (Å²) in [6, 6.07) is 6.25. The fourth-order valence-corrected chi connectivity index (χ4v) is 9.83. The van der Waals surface area contributed by atoms with Crippen molar-refractivity contribution in [1.29, 1.82) is 0 Å². The fourth-order valence-electron chi connectivity index (χ4n) is 8.38. The van der Waals surface area contributed by atoms with Crippen molar-refractivity contribution in [3.05, 3.63) is 42.6 Å². The van der Waals surface area contributed by atoms with Gasteiger partial charge in [-0.15, -0.1) is 0 Å². The van der Waals surface area contributed by atoms with Gasteiger partial charge in [-0.2, -0.15) is 0 Å². The molecule has 2 aromatic rings. The summed E-state index contributed by atoms with van der Waals surface area (Å²) >= 11 is 0. The predicted octanol–water partition coefficient (Wildman–Crippen LogP) is 5.87. The summed E-state index contributed by atoms with van der Waals surface area (Å²) < 4.78 is 58.5. The van der Waals surface area contributed by atoms with Gasteiger partial charge >= 0.3 is 5.97 Å². The topological polar surface area (TPSA) is 158 Å². The average molecular weight is 784 g/mol. The molecule has 0 spiro atoms. The zero-order chi connectivity index (χ0) is 39.9. The van der Waals surface area contributed by atoms with Crippen LogP contribution in [0.3, 0.4) is 0 Å². The third-order valence-electron chi connectivity index (χ3n) is 11.8. The summed E-state index contributed by atoms with van der Waals surface area (Å²) in [6.45, 7) is 8.24. The number of sulfonamides is 1. The third-order valence-corrected chi connectivity index (χ3v) is 14.0. The number of ether oxygens (including phenoxy) is 3. The minimum Gasteiger partial charge on any atom is -0.496 e. The number of pyridine rings is 1. The van der Waals surface area contributed by atoms with Crippen molar-refractivity contribution in [1.82, 2.24) is 14.6 Å². The number of rotatable bonds is 9. The van der Waals surface area contributed by atoms with Crippen LogP contribution in [0.5, 0.6) is 11.6 Å². The molecule has 3 heterocycles. The number of fused-ring (bicyclic) bond motifs is 3. The van der Waals surface area contributed by atoms with Crippen molar-refractivity contribution in [3.63, 3.8) is 0 Å². The first-order valence-corrected chi connectivity index (χ1v) is 20.8. The lowest BCUT2D eigenvalue weighted by Gasteiger charge is -2.32. The molecule has 2 amide bonds. The highest BCUT2D eigenvalue weighted by Gasteiger charge is 2.63. The van der Waals surface area contributed by atoms with Gasteiger partial charge in [-0.1, -0.05) is 32.1 Å². The molecule has 7 atom stereocenters. The molecule has 6 rings (SSSR count). The molecule has 0 unspecified atom stereocenters. The molecule has 0 bridgehead atoms. The first-order valence-electron chi connectivity index (χ1n) is 19.4. The van der Waals surface area contributed by atoms with E-state index in [-0.39, 0.29) is 62.8 Å². The van der Waals surface area contributed by atoms with Crippen molar-refractivity contribution in [2.45, 2.75) is 115 Å². The molecule has 2 aliphatic heterocycles. The van der Waals surface area contributed by atoms with E-state index in [1.54, 1.807) is 40.1 Å². The Morgan fingerprint density at radius 2 is 1.84 bits per heavy atom. The van der Waals surface area contributed by atoms with E-state index in [1.165, 1.54) is 4.90 Å². The maximum absolute atomic E-state index is 14.8. The number of benzene rings is 1. The van der Waals surface area contributed by atoms with Gasteiger partial charge in [-0.3, -0.25) is 23.9 Å². The Kier molecular flexibility index (Phi) is 11.4. The summed E-state index contributed by atoms with van der Waals surface area (Å²) in [4.78, 5) is 62.7. The molecule has 1 N–H and O–H groups in total. The zero-order valence-corrected chi connectivity index (χ0v) is 33.5. The summed E-state index contributed by atoms with van der Waals surface area (Å²) in [7, 11) is -2.77. The maximum Gasteiger partial charge on any atom is 0.307 e. The largest absolute Gasteiger partial charge is 0.496 e. The SMILES string of the molecule is COc1cccc2c(O[C@@H]3C[C@H]4C(=O)C[C@]5(C(=O)NS(=O)(=O)C6(CF)CC6)C[C@H]5/C=C\CC[C@@H](C)C[C@@H](C)[C@H](CC(=O)OC(C)(C)C)C(=O)N4C3)nccc12. The molecule has 4 aliphatic rings. The summed E-state index contributed by atoms with van der Waals surface area (Å²) in [5.74, 6) is -2.53. The van der Waals surface area contributed by atoms with Gasteiger partial charge in [0.1, 0.15) is 28.9 Å². The number of hydrogen-bond donors (Lipinski definition) is 1. The number of carbonyl (C=O) groups is 4. The van der Waals surface area contributed by atoms with Crippen LogP contribution in [0.15, 0.2) is 42.6 Å². The number of methoxy groups -OCH3 is 1. The molecule has 12 nitrogen and oxygen atoms in total. The van der Waals surface area contributed by atoms with E-state index >= 15 is 0 Å². The molecular weight excluding hydrogens is 730 g/mol. The van der Waals surface area contributed by atoms with E-state index in [9.17, 15) is 32.0 Å². The van der Waals surface area contributed by atoms with Crippen LogP contribution in [-0.2, 0) is 33.9 Å². The highest BCUT2D eigenvalue weighted by molar-refractivity contribution is 7.91. The maximum atomic E-state index is 14.8. The lowest BCUT2D eigenvalue weighted by molar-refractivity contribution is -0.160. The lowest BCUT2D eigenvalue weighted by atomic mass is 9.82. The second kappa shape index (κ2) is 15.5. The fraction of sp³-hybridized carbons (Fsp3) is 0.634. The van der Waals surface area contributed by atoms with Gasteiger partial charge in [0, 0.05) is 29.8 Å². The number of nitrogens with zero attached hydrogens (tertiary/aromatic N) is 2. The first-order chi connectivity index (χ1) is 25.9. The summed E-state index contributed by atoms with van der Waals surface area (Å²) in [5, 5.41) is 1.45. The number of hydrogen-bond acceptors (Lipinski definition) is 10. The number of amides is 2. The van der Waals surface area contributed by atoms with Crippen molar-refractivity contribution in [2.24, 2.45) is 29.1 Å². The number of esters is 1. The number of alkyl halides is 1. The van der Waals surface area contributed by atoms with Gasteiger partial charge in [-0.05, 0) is 95.2 Å². The number of allylic oxidation sites excluding steroid dienone is 2. The minimum absolute atomic E-state index is 0.0142. The van der Waals surface area contributed by atoms with Crippen molar-refractivity contribution in [3.8, 4) is 11.6 Å².